The monoisotopic (exact) mass is 519 g/mol. The Morgan fingerprint density at radius 1 is 0.946 bits per heavy atom. The fraction of sp³-hybridized carbons (Fsp3) is 0.267. The van der Waals surface area contributed by atoms with Gasteiger partial charge in [0, 0.05) is 11.3 Å². The number of ketones is 1. The van der Waals surface area contributed by atoms with Crippen LogP contribution in [0.3, 0.4) is 0 Å². The van der Waals surface area contributed by atoms with Crippen molar-refractivity contribution in [2.75, 3.05) is 19.1 Å². The summed E-state index contributed by atoms with van der Waals surface area (Å²) < 4.78 is 10.8. The number of aryl methyl sites for hydroxylation is 2. The number of aliphatic hydroxyl groups is 1. The molecular weight excluding hydrogens is 490 g/mol. The van der Waals surface area contributed by atoms with E-state index in [0.717, 1.165) is 22.3 Å². The van der Waals surface area contributed by atoms with Gasteiger partial charge in [0.25, 0.3) is 11.7 Å². The molecule has 6 nitrogen and oxygen atoms in total. The van der Waals surface area contributed by atoms with Gasteiger partial charge in [0.05, 0.1) is 30.9 Å². The number of anilines is 1. The molecule has 0 saturated carbocycles. The predicted octanol–water partition coefficient (Wildman–Crippen LogP) is 6.72. The van der Waals surface area contributed by atoms with Crippen molar-refractivity contribution in [1.82, 2.24) is 0 Å². The number of amides is 1. The van der Waals surface area contributed by atoms with E-state index in [9.17, 15) is 14.7 Å². The largest absolute Gasteiger partial charge is 0.507 e. The van der Waals surface area contributed by atoms with Crippen LogP contribution in [0.5, 0.6) is 11.5 Å². The highest BCUT2D eigenvalue weighted by atomic mass is 35.5. The Bertz CT molecular complexity index is 1430. The van der Waals surface area contributed by atoms with Crippen LogP contribution < -0.4 is 14.4 Å². The number of halogens is 1. The normalized spacial score (nSPS) is 17.0. The standard InChI is InChI=1S/C30H30ClNO5/c1-16(2)21-15-22(18(4)13-25(21)37-6)28(33)26-27(20-10-8-7-9-17(20)3)32(30(35)29(26)34)19-11-12-24(36-5)23(31)14-19/h7-16,27,33H,1-6H3/b28-26+. The second kappa shape index (κ2) is 10.3. The second-order valence-electron chi connectivity index (χ2n) is 9.41. The third-order valence-electron chi connectivity index (χ3n) is 6.79. The summed E-state index contributed by atoms with van der Waals surface area (Å²) in [5.41, 5.74) is 4.14. The maximum absolute atomic E-state index is 13.6. The number of carbonyl (C=O) groups excluding carboxylic acids is 2. The number of nitrogens with zero attached hydrogens (tertiary/aromatic N) is 1. The van der Waals surface area contributed by atoms with Gasteiger partial charge in [0.2, 0.25) is 0 Å². The molecule has 3 aromatic rings. The molecule has 0 spiro atoms. The van der Waals surface area contributed by atoms with Gasteiger partial charge in [-0.3, -0.25) is 14.5 Å². The van der Waals surface area contributed by atoms with E-state index in [1.807, 2.05) is 64.1 Å². The van der Waals surface area contributed by atoms with Crippen LogP contribution in [0, 0.1) is 13.8 Å². The summed E-state index contributed by atoms with van der Waals surface area (Å²) in [6.07, 6.45) is 0. The average Bonchev–Trinajstić information content (AvgIpc) is 3.13. The fourth-order valence-corrected chi connectivity index (χ4v) is 5.07. The third kappa shape index (κ3) is 4.58. The van der Waals surface area contributed by atoms with Crippen LogP contribution >= 0.6 is 11.6 Å². The van der Waals surface area contributed by atoms with Crippen LogP contribution in [0.4, 0.5) is 5.69 Å². The van der Waals surface area contributed by atoms with Gasteiger partial charge in [-0.2, -0.15) is 0 Å². The first-order chi connectivity index (χ1) is 17.6. The summed E-state index contributed by atoms with van der Waals surface area (Å²) in [4.78, 5) is 28.5. The van der Waals surface area contributed by atoms with Crippen molar-refractivity contribution >= 4 is 34.7 Å². The third-order valence-corrected chi connectivity index (χ3v) is 7.09. The molecule has 1 N–H and O–H groups in total. The molecule has 3 aromatic carbocycles. The molecule has 192 valence electrons. The summed E-state index contributed by atoms with van der Waals surface area (Å²) in [5, 5.41) is 12.0. The highest BCUT2D eigenvalue weighted by Crippen LogP contribution is 2.45. The van der Waals surface area contributed by atoms with Gasteiger partial charge >= 0.3 is 0 Å². The van der Waals surface area contributed by atoms with Crippen molar-refractivity contribution in [3.05, 3.63) is 93.0 Å². The van der Waals surface area contributed by atoms with Crippen LogP contribution in [0.2, 0.25) is 5.02 Å². The minimum absolute atomic E-state index is 0.0224. The van der Waals surface area contributed by atoms with Gasteiger partial charge in [-0.25, -0.2) is 0 Å². The zero-order valence-electron chi connectivity index (χ0n) is 21.8. The molecular formula is C30H30ClNO5. The van der Waals surface area contributed by atoms with Crippen molar-refractivity contribution in [2.24, 2.45) is 0 Å². The molecule has 1 amide bonds. The van der Waals surface area contributed by atoms with Crippen molar-refractivity contribution in [2.45, 2.75) is 39.7 Å². The Morgan fingerprint density at radius 2 is 1.62 bits per heavy atom. The van der Waals surface area contributed by atoms with E-state index in [2.05, 4.69) is 0 Å². The Kier molecular flexibility index (Phi) is 7.32. The maximum atomic E-state index is 13.6. The van der Waals surface area contributed by atoms with Crippen LogP contribution in [-0.4, -0.2) is 31.0 Å². The van der Waals surface area contributed by atoms with Crippen LogP contribution in [0.1, 0.15) is 53.6 Å². The van der Waals surface area contributed by atoms with Gasteiger partial charge in [-0.15, -0.1) is 0 Å². The average molecular weight is 520 g/mol. The van der Waals surface area contributed by atoms with Crippen molar-refractivity contribution < 1.29 is 24.2 Å². The van der Waals surface area contributed by atoms with E-state index in [-0.39, 0.29) is 17.3 Å². The number of carbonyl (C=O) groups is 2. The molecule has 1 saturated heterocycles. The van der Waals surface area contributed by atoms with Crippen LogP contribution in [-0.2, 0) is 9.59 Å². The fourth-order valence-electron chi connectivity index (χ4n) is 4.82. The van der Waals surface area contributed by atoms with Crippen molar-refractivity contribution in [3.63, 3.8) is 0 Å². The molecule has 1 aliphatic heterocycles. The second-order valence-corrected chi connectivity index (χ2v) is 9.82. The van der Waals surface area contributed by atoms with Crippen LogP contribution in [0.25, 0.3) is 5.76 Å². The summed E-state index contributed by atoms with van der Waals surface area (Å²) in [6, 6.07) is 15.2. The summed E-state index contributed by atoms with van der Waals surface area (Å²) in [6.45, 7) is 7.79. The Hall–Kier alpha value is -3.77. The van der Waals surface area contributed by atoms with Crippen LogP contribution in [0.15, 0.2) is 60.2 Å². The van der Waals surface area contributed by atoms with Crippen molar-refractivity contribution in [3.8, 4) is 11.5 Å². The lowest BCUT2D eigenvalue weighted by atomic mass is 9.89. The summed E-state index contributed by atoms with van der Waals surface area (Å²) >= 11 is 6.39. The highest BCUT2D eigenvalue weighted by Gasteiger charge is 2.47. The number of hydrogen-bond donors (Lipinski definition) is 1. The molecule has 0 radical (unpaired) electrons. The number of aliphatic hydroxyl groups excluding tert-OH is 1. The minimum atomic E-state index is -0.852. The molecule has 1 fully saturated rings. The van der Waals surface area contributed by atoms with Gasteiger partial charge in [-0.1, -0.05) is 49.7 Å². The smallest absolute Gasteiger partial charge is 0.300 e. The van der Waals surface area contributed by atoms with Gasteiger partial charge < -0.3 is 14.6 Å². The topological polar surface area (TPSA) is 76.1 Å². The van der Waals surface area contributed by atoms with Gasteiger partial charge in [0.15, 0.2) is 0 Å². The van der Waals surface area contributed by atoms with Gasteiger partial charge in [0.1, 0.15) is 17.3 Å². The molecule has 1 aliphatic rings. The lowest BCUT2D eigenvalue weighted by Gasteiger charge is -2.27. The Labute approximate surface area is 222 Å². The summed E-state index contributed by atoms with van der Waals surface area (Å²) in [7, 11) is 3.10. The zero-order chi connectivity index (χ0) is 27.0. The number of Topliss-reactive ketones (excluding diaryl/α,β-unsaturated/α-hetero) is 1. The predicted molar refractivity (Wildman–Crippen MR) is 146 cm³/mol. The molecule has 0 aliphatic carbocycles. The Morgan fingerprint density at radius 3 is 2.22 bits per heavy atom. The quantitative estimate of drug-likeness (QED) is 0.222. The molecule has 7 heteroatoms. The first-order valence-corrected chi connectivity index (χ1v) is 12.4. The number of benzene rings is 3. The number of methoxy groups -OCH3 is 2. The van der Waals surface area contributed by atoms with Crippen molar-refractivity contribution in [1.29, 1.82) is 0 Å². The van der Waals surface area contributed by atoms with E-state index < -0.39 is 17.7 Å². The molecule has 1 atom stereocenters. The van der Waals surface area contributed by atoms with Gasteiger partial charge in [-0.05, 0) is 72.4 Å². The first kappa shape index (κ1) is 26.3. The number of hydrogen-bond acceptors (Lipinski definition) is 5. The molecule has 0 aromatic heterocycles. The molecule has 1 unspecified atom stereocenters. The van der Waals surface area contributed by atoms with E-state index in [1.165, 1.54) is 12.0 Å². The summed E-state index contributed by atoms with van der Waals surface area (Å²) in [5.74, 6) is -0.475. The van der Waals surface area contributed by atoms with E-state index in [4.69, 9.17) is 21.1 Å². The molecule has 0 bridgehead atoms. The molecule has 37 heavy (non-hydrogen) atoms. The first-order valence-electron chi connectivity index (χ1n) is 12.0. The SMILES string of the molecule is COc1ccc(N2C(=O)C(=O)/C(=C(/O)c3cc(C(C)C)c(OC)cc3C)C2c2ccccc2C)cc1Cl. The maximum Gasteiger partial charge on any atom is 0.300 e. The highest BCUT2D eigenvalue weighted by molar-refractivity contribution is 6.52. The van der Waals surface area contributed by atoms with E-state index in [0.29, 0.717) is 27.8 Å². The molecule has 4 rings (SSSR count). The minimum Gasteiger partial charge on any atom is -0.507 e. The lowest BCUT2D eigenvalue weighted by molar-refractivity contribution is -0.132. The number of ether oxygens (including phenoxy) is 2. The lowest BCUT2D eigenvalue weighted by Crippen LogP contribution is -2.29. The Balaban J connectivity index is 2.00. The zero-order valence-corrected chi connectivity index (χ0v) is 22.5. The van der Waals surface area contributed by atoms with E-state index in [1.54, 1.807) is 25.3 Å². The number of rotatable bonds is 6. The van der Waals surface area contributed by atoms with E-state index >= 15 is 0 Å². The molecule has 1 heterocycles.